The fourth-order valence-electron chi connectivity index (χ4n) is 2.91. The number of amides is 1. The molecule has 0 unspecified atom stereocenters. The highest BCUT2D eigenvalue weighted by atomic mass is 35.5. The Morgan fingerprint density at radius 3 is 2.44 bits per heavy atom. The molecule has 0 radical (unpaired) electrons. The molecule has 9 nitrogen and oxygen atoms in total. The Balaban J connectivity index is 1.76. The number of hydrogen-bond donors (Lipinski definition) is 1. The summed E-state index contributed by atoms with van der Waals surface area (Å²) in [6.45, 7) is 2.21. The van der Waals surface area contributed by atoms with Crippen molar-refractivity contribution in [3.05, 3.63) is 56.9 Å². The van der Waals surface area contributed by atoms with Crippen LogP contribution in [-0.4, -0.2) is 59.6 Å². The van der Waals surface area contributed by atoms with Crippen molar-refractivity contribution in [2.75, 3.05) is 26.2 Å². The van der Waals surface area contributed by atoms with Crippen LogP contribution in [0.5, 0.6) is 0 Å². The standard InChI is InChI=1S/C16H17ClN4O5S/c1-11-2-3-13(21(23)24)9-15(11)27(25,26)20-6-4-19(5-7-20)16(22)14-8-12(17)10-18-14/h2-3,8-10,18H,4-7H2,1H3. The zero-order chi connectivity index (χ0) is 19.8. The molecule has 1 aromatic heterocycles. The molecule has 1 aromatic carbocycles. The molecule has 1 N–H and O–H groups in total. The van der Waals surface area contributed by atoms with Crippen LogP contribution >= 0.6 is 11.6 Å². The number of benzene rings is 1. The van der Waals surface area contributed by atoms with Crippen molar-refractivity contribution in [3.8, 4) is 0 Å². The van der Waals surface area contributed by atoms with Crippen molar-refractivity contribution in [2.45, 2.75) is 11.8 Å². The lowest BCUT2D eigenvalue weighted by atomic mass is 10.2. The highest BCUT2D eigenvalue weighted by Crippen LogP contribution is 2.26. The second-order valence-electron chi connectivity index (χ2n) is 6.13. The van der Waals surface area contributed by atoms with Crippen LogP contribution in [0.3, 0.4) is 0 Å². The number of nitro groups is 1. The number of carbonyl (C=O) groups excluding carboxylic acids is 1. The Kier molecular flexibility index (Phi) is 5.22. The number of rotatable bonds is 4. The zero-order valence-corrected chi connectivity index (χ0v) is 16.0. The van der Waals surface area contributed by atoms with E-state index in [9.17, 15) is 23.3 Å². The van der Waals surface area contributed by atoms with Crippen molar-refractivity contribution in [1.29, 1.82) is 0 Å². The van der Waals surface area contributed by atoms with E-state index in [1.807, 2.05) is 0 Å². The van der Waals surface area contributed by atoms with E-state index in [1.165, 1.54) is 33.6 Å². The van der Waals surface area contributed by atoms with Gasteiger partial charge < -0.3 is 9.88 Å². The number of nitrogens with one attached hydrogen (secondary N) is 1. The molecule has 0 saturated carbocycles. The van der Waals surface area contributed by atoms with E-state index in [1.54, 1.807) is 6.92 Å². The molecular weight excluding hydrogens is 396 g/mol. The van der Waals surface area contributed by atoms with Gasteiger partial charge in [0.15, 0.2) is 0 Å². The summed E-state index contributed by atoms with van der Waals surface area (Å²) in [5.41, 5.74) is 0.489. The maximum atomic E-state index is 12.9. The molecule has 0 spiro atoms. The summed E-state index contributed by atoms with van der Waals surface area (Å²) in [4.78, 5) is 27.0. The van der Waals surface area contributed by atoms with Gasteiger partial charge in [-0.15, -0.1) is 0 Å². The van der Waals surface area contributed by atoms with Gasteiger partial charge in [0.05, 0.1) is 14.8 Å². The number of nitrogens with zero attached hydrogens (tertiary/aromatic N) is 3. The Labute approximate surface area is 160 Å². The predicted octanol–water partition coefficient (Wildman–Crippen LogP) is 2.03. The summed E-state index contributed by atoms with van der Waals surface area (Å²) in [6.07, 6.45) is 1.50. The monoisotopic (exact) mass is 412 g/mol. The molecule has 1 aliphatic heterocycles. The summed E-state index contributed by atoms with van der Waals surface area (Å²) < 4.78 is 27.1. The Morgan fingerprint density at radius 1 is 1.22 bits per heavy atom. The first kappa shape index (κ1) is 19.3. The quantitative estimate of drug-likeness (QED) is 0.609. The van der Waals surface area contributed by atoms with Gasteiger partial charge in [0, 0.05) is 44.5 Å². The average molecular weight is 413 g/mol. The highest BCUT2D eigenvalue weighted by molar-refractivity contribution is 7.89. The molecule has 1 fully saturated rings. The number of non-ortho nitro benzene ring substituents is 1. The van der Waals surface area contributed by atoms with Crippen LogP contribution in [0.2, 0.25) is 5.02 Å². The fourth-order valence-corrected chi connectivity index (χ4v) is 4.74. The van der Waals surface area contributed by atoms with Crippen LogP contribution in [0.1, 0.15) is 16.1 Å². The number of aromatic nitrogens is 1. The van der Waals surface area contributed by atoms with Crippen molar-refractivity contribution in [1.82, 2.24) is 14.2 Å². The summed E-state index contributed by atoms with van der Waals surface area (Å²) in [5, 5.41) is 11.4. The third-order valence-electron chi connectivity index (χ3n) is 4.40. The van der Waals surface area contributed by atoms with Crippen LogP contribution < -0.4 is 0 Å². The van der Waals surface area contributed by atoms with Gasteiger partial charge in [-0.25, -0.2) is 8.42 Å². The molecule has 11 heteroatoms. The first-order valence-corrected chi connectivity index (χ1v) is 9.90. The number of nitro benzene ring substituents is 1. The van der Waals surface area contributed by atoms with Crippen molar-refractivity contribution in [3.63, 3.8) is 0 Å². The minimum absolute atomic E-state index is 0.0902. The van der Waals surface area contributed by atoms with Gasteiger partial charge in [0.25, 0.3) is 11.6 Å². The minimum atomic E-state index is -3.90. The third-order valence-corrected chi connectivity index (χ3v) is 6.66. The molecular formula is C16H17ClN4O5S. The van der Waals surface area contributed by atoms with Gasteiger partial charge in [-0.2, -0.15) is 4.31 Å². The number of hydrogen-bond acceptors (Lipinski definition) is 5. The van der Waals surface area contributed by atoms with Gasteiger partial charge >= 0.3 is 0 Å². The molecule has 0 aliphatic carbocycles. The van der Waals surface area contributed by atoms with Crippen molar-refractivity contribution in [2.24, 2.45) is 0 Å². The smallest absolute Gasteiger partial charge is 0.270 e. The van der Waals surface area contributed by atoms with Crippen LogP contribution in [0.4, 0.5) is 5.69 Å². The number of aryl methyl sites for hydroxylation is 1. The van der Waals surface area contributed by atoms with E-state index < -0.39 is 14.9 Å². The molecule has 0 bridgehead atoms. The minimum Gasteiger partial charge on any atom is -0.356 e. The molecule has 1 aliphatic rings. The first-order valence-electron chi connectivity index (χ1n) is 8.08. The van der Waals surface area contributed by atoms with Crippen LogP contribution in [0.15, 0.2) is 35.4 Å². The topological polar surface area (TPSA) is 117 Å². The Morgan fingerprint density at radius 2 is 1.89 bits per heavy atom. The molecule has 144 valence electrons. The SMILES string of the molecule is Cc1ccc([N+](=O)[O-])cc1S(=O)(=O)N1CCN(C(=O)c2cc(Cl)c[nH]2)CC1. The molecule has 0 atom stereocenters. The molecule has 1 amide bonds. The maximum absolute atomic E-state index is 12.9. The summed E-state index contributed by atoms with van der Waals surface area (Å²) in [7, 11) is -3.90. The normalized spacial score (nSPS) is 15.7. The van der Waals surface area contributed by atoms with E-state index in [-0.39, 0.29) is 42.7 Å². The number of aromatic amines is 1. The lowest BCUT2D eigenvalue weighted by Gasteiger charge is -2.34. The molecule has 3 rings (SSSR count). The summed E-state index contributed by atoms with van der Waals surface area (Å²) in [5.74, 6) is -0.259. The number of sulfonamides is 1. The van der Waals surface area contributed by atoms with E-state index >= 15 is 0 Å². The van der Waals surface area contributed by atoms with Gasteiger partial charge in [-0.1, -0.05) is 17.7 Å². The van der Waals surface area contributed by atoms with E-state index in [2.05, 4.69) is 4.98 Å². The number of halogens is 1. The lowest BCUT2D eigenvalue weighted by Crippen LogP contribution is -2.50. The van der Waals surface area contributed by atoms with Gasteiger partial charge in [0.1, 0.15) is 5.69 Å². The summed E-state index contributed by atoms with van der Waals surface area (Å²) in [6, 6.07) is 5.27. The van der Waals surface area contributed by atoms with E-state index in [4.69, 9.17) is 11.6 Å². The Hall–Kier alpha value is -2.43. The van der Waals surface area contributed by atoms with Crippen LogP contribution in [0, 0.1) is 17.0 Å². The van der Waals surface area contributed by atoms with Crippen LogP contribution in [0.25, 0.3) is 0 Å². The van der Waals surface area contributed by atoms with Gasteiger partial charge in [-0.05, 0) is 18.6 Å². The molecule has 2 aromatic rings. The highest BCUT2D eigenvalue weighted by Gasteiger charge is 2.32. The number of H-pyrrole nitrogens is 1. The van der Waals surface area contributed by atoms with E-state index in [0.717, 1.165) is 6.07 Å². The van der Waals surface area contributed by atoms with Gasteiger partial charge in [0.2, 0.25) is 10.0 Å². The number of carbonyl (C=O) groups is 1. The fraction of sp³-hybridized carbons (Fsp3) is 0.312. The van der Waals surface area contributed by atoms with Crippen LogP contribution in [-0.2, 0) is 10.0 Å². The van der Waals surface area contributed by atoms with E-state index in [0.29, 0.717) is 16.3 Å². The second kappa shape index (κ2) is 7.29. The molecule has 1 saturated heterocycles. The summed E-state index contributed by atoms with van der Waals surface area (Å²) >= 11 is 5.81. The first-order chi connectivity index (χ1) is 12.7. The van der Waals surface area contributed by atoms with Crippen molar-refractivity contribution < 1.29 is 18.1 Å². The van der Waals surface area contributed by atoms with Gasteiger partial charge in [-0.3, -0.25) is 14.9 Å². The average Bonchev–Trinajstić information content (AvgIpc) is 3.07. The molecule has 2 heterocycles. The predicted molar refractivity (Wildman–Crippen MR) is 98.3 cm³/mol. The number of piperazine rings is 1. The second-order valence-corrected chi connectivity index (χ2v) is 8.48. The molecule has 27 heavy (non-hydrogen) atoms. The van der Waals surface area contributed by atoms with Crippen molar-refractivity contribution >= 4 is 33.2 Å². The Bertz CT molecular complexity index is 996. The zero-order valence-electron chi connectivity index (χ0n) is 14.4. The maximum Gasteiger partial charge on any atom is 0.270 e. The lowest BCUT2D eigenvalue weighted by molar-refractivity contribution is -0.385. The third kappa shape index (κ3) is 3.82. The largest absolute Gasteiger partial charge is 0.356 e.